The fourth-order valence-corrected chi connectivity index (χ4v) is 3.56. The third-order valence-corrected chi connectivity index (χ3v) is 5.13. The second kappa shape index (κ2) is 6.28. The summed E-state index contributed by atoms with van der Waals surface area (Å²) < 4.78 is 0. The van der Waals surface area contributed by atoms with Gasteiger partial charge in [0.1, 0.15) is 0 Å². The van der Waals surface area contributed by atoms with E-state index in [9.17, 15) is 0 Å². The zero-order valence-electron chi connectivity index (χ0n) is 12.8. The molecule has 0 bridgehead atoms. The summed E-state index contributed by atoms with van der Waals surface area (Å²) in [5.74, 6) is 0. The highest BCUT2D eigenvalue weighted by Gasteiger charge is 2.32. The van der Waals surface area contributed by atoms with Gasteiger partial charge in [0.05, 0.1) is 0 Å². The summed E-state index contributed by atoms with van der Waals surface area (Å²) in [6, 6.07) is 11.6. The highest BCUT2D eigenvalue weighted by atomic mass is 15.2. The third-order valence-electron chi connectivity index (χ3n) is 5.13. The van der Waals surface area contributed by atoms with Crippen molar-refractivity contribution in [2.75, 3.05) is 19.6 Å². The zero-order chi connectivity index (χ0) is 13.8. The van der Waals surface area contributed by atoms with Gasteiger partial charge in [0, 0.05) is 25.7 Å². The Hall–Kier alpha value is -0.860. The van der Waals surface area contributed by atoms with Gasteiger partial charge >= 0.3 is 0 Å². The Kier molecular flexibility index (Phi) is 4.42. The molecular weight excluding hydrogens is 244 g/mol. The molecule has 1 aliphatic heterocycles. The average molecular weight is 272 g/mol. The monoisotopic (exact) mass is 272 g/mol. The first kappa shape index (κ1) is 14.1. The molecule has 110 valence electrons. The van der Waals surface area contributed by atoms with Crippen LogP contribution in [0.15, 0.2) is 30.3 Å². The van der Waals surface area contributed by atoms with E-state index in [1.54, 1.807) is 0 Å². The average Bonchev–Trinajstić information content (AvgIpc) is 2.45. The topological polar surface area (TPSA) is 15.3 Å². The summed E-state index contributed by atoms with van der Waals surface area (Å²) in [5.41, 5.74) is 2.04. The van der Waals surface area contributed by atoms with E-state index in [0.717, 1.165) is 6.54 Å². The van der Waals surface area contributed by atoms with Crippen LogP contribution in [0.1, 0.15) is 44.6 Å². The van der Waals surface area contributed by atoms with Gasteiger partial charge in [-0.1, -0.05) is 43.7 Å². The Balaban J connectivity index is 1.46. The molecule has 20 heavy (non-hydrogen) atoms. The molecule has 0 amide bonds. The fourth-order valence-electron chi connectivity index (χ4n) is 3.56. The molecule has 1 heterocycles. The minimum atomic E-state index is 0.599. The van der Waals surface area contributed by atoms with Crippen LogP contribution in [-0.2, 0) is 6.54 Å². The molecule has 1 aromatic carbocycles. The summed E-state index contributed by atoms with van der Waals surface area (Å²) in [4.78, 5) is 2.61. The molecule has 2 aliphatic rings. The highest BCUT2D eigenvalue weighted by Crippen LogP contribution is 2.39. The summed E-state index contributed by atoms with van der Waals surface area (Å²) in [7, 11) is 0. The molecule has 1 saturated heterocycles. The molecule has 2 heteroatoms. The number of likely N-dealkylation sites (tertiary alicyclic amines) is 1. The normalized spacial score (nSPS) is 26.1. The van der Waals surface area contributed by atoms with E-state index in [2.05, 4.69) is 47.5 Å². The van der Waals surface area contributed by atoms with Crippen LogP contribution < -0.4 is 5.32 Å². The van der Waals surface area contributed by atoms with Gasteiger partial charge in [-0.3, -0.25) is 4.90 Å². The van der Waals surface area contributed by atoms with Gasteiger partial charge in [-0.05, 0) is 43.2 Å². The first-order chi connectivity index (χ1) is 9.73. The molecule has 1 saturated carbocycles. The van der Waals surface area contributed by atoms with Crippen molar-refractivity contribution in [3.05, 3.63) is 35.9 Å². The first-order valence-electron chi connectivity index (χ1n) is 8.23. The van der Waals surface area contributed by atoms with Crippen molar-refractivity contribution < 1.29 is 0 Å². The van der Waals surface area contributed by atoms with Crippen LogP contribution in [0.25, 0.3) is 0 Å². The van der Waals surface area contributed by atoms with Gasteiger partial charge in [0.2, 0.25) is 0 Å². The number of hydrogen-bond donors (Lipinski definition) is 1. The van der Waals surface area contributed by atoms with Gasteiger partial charge in [-0.2, -0.15) is 0 Å². The smallest absolute Gasteiger partial charge is 0.0234 e. The lowest BCUT2D eigenvalue weighted by Gasteiger charge is -2.41. The second-order valence-electron chi connectivity index (χ2n) is 7.10. The SMILES string of the molecule is CC1(CNC2CCCN(Cc3ccccc3)C2)CCC1. The molecule has 1 atom stereocenters. The standard InChI is InChI=1S/C18H28N2/c1-18(10-6-11-18)15-19-17-9-5-12-20(14-17)13-16-7-3-2-4-8-16/h2-4,7-8,17,19H,5-6,9-15H2,1H3. The Morgan fingerprint density at radius 3 is 2.70 bits per heavy atom. The molecule has 3 rings (SSSR count). The Labute approximate surface area is 123 Å². The molecule has 2 fully saturated rings. The van der Waals surface area contributed by atoms with E-state index in [4.69, 9.17) is 0 Å². The van der Waals surface area contributed by atoms with E-state index in [1.807, 2.05) is 0 Å². The quantitative estimate of drug-likeness (QED) is 0.883. The van der Waals surface area contributed by atoms with E-state index in [0.29, 0.717) is 11.5 Å². The minimum absolute atomic E-state index is 0.599. The number of piperidine rings is 1. The van der Waals surface area contributed by atoms with Gasteiger partial charge in [0.15, 0.2) is 0 Å². The van der Waals surface area contributed by atoms with Crippen LogP contribution in [0.4, 0.5) is 0 Å². The first-order valence-corrected chi connectivity index (χ1v) is 8.23. The van der Waals surface area contributed by atoms with Crippen molar-refractivity contribution in [1.29, 1.82) is 0 Å². The summed E-state index contributed by atoms with van der Waals surface area (Å²) >= 11 is 0. The fraction of sp³-hybridized carbons (Fsp3) is 0.667. The summed E-state index contributed by atoms with van der Waals surface area (Å²) in [5, 5.41) is 3.84. The third kappa shape index (κ3) is 3.62. The highest BCUT2D eigenvalue weighted by molar-refractivity contribution is 5.14. The van der Waals surface area contributed by atoms with E-state index in [-0.39, 0.29) is 0 Å². The molecular formula is C18H28N2. The molecule has 0 spiro atoms. The maximum atomic E-state index is 3.84. The Morgan fingerprint density at radius 1 is 1.20 bits per heavy atom. The van der Waals surface area contributed by atoms with Crippen molar-refractivity contribution >= 4 is 0 Å². The van der Waals surface area contributed by atoms with Crippen molar-refractivity contribution in [2.45, 2.75) is 51.6 Å². The van der Waals surface area contributed by atoms with Gasteiger partial charge < -0.3 is 5.32 Å². The van der Waals surface area contributed by atoms with E-state index < -0.39 is 0 Å². The number of nitrogens with one attached hydrogen (secondary N) is 1. The Bertz CT molecular complexity index is 411. The maximum Gasteiger partial charge on any atom is 0.0234 e. The van der Waals surface area contributed by atoms with Crippen LogP contribution in [0, 0.1) is 5.41 Å². The molecule has 0 radical (unpaired) electrons. The van der Waals surface area contributed by atoms with E-state index >= 15 is 0 Å². The number of rotatable bonds is 5. The minimum Gasteiger partial charge on any atom is -0.312 e. The predicted octanol–water partition coefficient (Wildman–Crippen LogP) is 3.43. The maximum absolute atomic E-state index is 3.84. The molecule has 1 aromatic rings. The van der Waals surface area contributed by atoms with Crippen LogP contribution >= 0.6 is 0 Å². The van der Waals surface area contributed by atoms with Crippen molar-refractivity contribution in [2.24, 2.45) is 5.41 Å². The largest absolute Gasteiger partial charge is 0.312 e. The molecule has 0 aromatic heterocycles. The molecule has 2 nitrogen and oxygen atoms in total. The van der Waals surface area contributed by atoms with E-state index in [1.165, 1.54) is 57.3 Å². The lowest BCUT2D eigenvalue weighted by Crippen LogP contribution is -2.49. The van der Waals surface area contributed by atoms with Crippen LogP contribution in [0.2, 0.25) is 0 Å². The summed E-state index contributed by atoms with van der Waals surface area (Å²) in [6.45, 7) is 7.23. The van der Waals surface area contributed by atoms with Gasteiger partial charge in [0.25, 0.3) is 0 Å². The van der Waals surface area contributed by atoms with Crippen molar-refractivity contribution in [3.63, 3.8) is 0 Å². The predicted molar refractivity (Wildman–Crippen MR) is 84.7 cm³/mol. The lowest BCUT2D eigenvalue weighted by atomic mass is 9.70. The number of benzene rings is 1. The number of hydrogen-bond acceptors (Lipinski definition) is 2. The van der Waals surface area contributed by atoms with Crippen LogP contribution in [0.3, 0.4) is 0 Å². The van der Waals surface area contributed by atoms with Crippen LogP contribution in [0.5, 0.6) is 0 Å². The van der Waals surface area contributed by atoms with Crippen molar-refractivity contribution in [3.8, 4) is 0 Å². The van der Waals surface area contributed by atoms with Crippen LogP contribution in [-0.4, -0.2) is 30.6 Å². The zero-order valence-corrected chi connectivity index (χ0v) is 12.8. The second-order valence-corrected chi connectivity index (χ2v) is 7.10. The van der Waals surface area contributed by atoms with Crippen molar-refractivity contribution in [1.82, 2.24) is 10.2 Å². The van der Waals surface area contributed by atoms with Gasteiger partial charge in [-0.25, -0.2) is 0 Å². The Morgan fingerprint density at radius 2 is 2.00 bits per heavy atom. The van der Waals surface area contributed by atoms with Gasteiger partial charge in [-0.15, -0.1) is 0 Å². The molecule has 1 unspecified atom stereocenters. The number of nitrogens with zero attached hydrogens (tertiary/aromatic N) is 1. The molecule has 1 aliphatic carbocycles. The summed E-state index contributed by atoms with van der Waals surface area (Å²) in [6.07, 6.45) is 6.95. The molecule has 1 N–H and O–H groups in total. The lowest BCUT2D eigenvalue weighted by molar-refractivity contribution is 0.128.